The van der Waals surface area contributed by atoms with Gasteiger partial charge in [0.15, 0.2) is 0 Å². The first kappa shape index (κ1) is 16.0. The molecule has 3 aromatic rings. The number of methoxy groups -OCH3 is 1. The van der Waals surface area contributed by atoms with Crippen LogP contribution in [0.25, 0.3) is 0 Å². The van der Waals surface area contributed by atoms with E-state index in [0.29, 0.717) is 18.2 Å². The fourth-order valence-electron chi connectivity index (χ4n) is 2.77. The molecule has 26 heavy (non-hydrogen) atoms. The summed E-state index contributed by atoms with van der Waals surface area (Å²) in [6, 6.07) is 9.74. The van der Waals surface area contributed by atoms with E-state index < -0.39 is 0 Å². The number of nitrogens with zero attached hydrogens (tertiary/aromatic N) is 4. The summed E-state index contributed by atoms with van der Waals surface area (Å²) in [5, 5.41) is 6.48. The summed E-state index contributed by atoms with van der Waals surface area (Å²) >= 11 is 0. The summed E-state index contributed by atoms with van der Waals surface area (Å²) < 4.78 is 5.49. The number of aliphatic imine (C=N–C) groups is 1. The molecule has 0 aliphatic carbocycles. The lowest BCUT2D eigenvalue weighted by Gasteiger charge is -2.13. The largest absolute Gasteiger partial charge is 0.495 e. The van der Waals surface area contributed by atoms with Crippen LogP contribution in [0.1, 0.15) is 16.7 Å². The predicted molar refractivity (Wildman–Crippen MR) is 102 cm³/mol. The molecule has 3 heterocycles. The van der Waals surface area contributed by atoms with Gasteiger partial charge in [-0.2, -0.15) is 0 Å². The van der Waals surface area contributed by atoms with Crippen molar-refractivity contribution in [2.75, 3.05) is 17.7 Å². The van der Waals surface area contributed by atoms with Crippen LogP contribution in [0.4, 0.5) is 23.1 Å². The van der Waals surface area contributed by atoms with Crippen LogP contribution in [0.3, 0.4) is 0 Å². The number of aromatic nitrogens is 3. The summed E-state index contributed by atoms with van der Waals surface area (Å²) in [5.41, 5.74) is 4.20. The molecule has 2 aromatic heterocycles. The highest BCUT2D eigenvalue weighted by Crippen LogP contribution is 2.32. The quantitative estimate of drug-likeness (QED) is 0.734. The SMILES string of the molecule is COc1cc2c(cc1Nc1cc(Nc3cc(C)ccn3)ncn1)C=NC2. The van der Waals surface area contributed by atoms with Crippen molar-refractivity contribution in [3.8, 4) is 5.75 Å². The van der Waals surface area contributed by atoms with Crippen molar-refractivity contribution in [3.05, 3.63) is 59.5 Å². The molecule has 0 unspecified atom stereocenters. The van der Waals surface area contributed by atoms with Gasteiger partial charge in [-0.15, -0.1) is 0 Å². The second-order valence-electron chi connectivity index (χ2n) is 5.98. The third kappa shape index (κ3) is 3.32. The standard InChI is InChI=1S/C19H18N6O/c1-12-3-4-21-17(5-12)25-19-8-18(22-11-23-19)24-15-6-13-9-20-10-14(13)7-16(15)26-2/h3-9,11H,10H2,1-2H3,(H2,21,22,23,24,25). The molecular weight excluding hydrogens is 328 g/mol. The van der Waals surface area contributed by atoms with E-state index in [9.17, 15) is 0 Å². The van der Waals surface area contributed by atoms with Crippen molar-refractivity contribution < 1.29 is 4.74 Å². The van der Waals surface area contributed by atoms with Gasteiger partial charge < -0.3 is 15.4 Å². The molecule has 0 saturated heterocycles. The van der Waals surface area contributed by atoms with Gasteiger partial charge in [0.1, 0.15) is 29.5 Å². The molecule has 7 nitrogen and oxygen atoms in total. The van der Waals surface area contributed by atoms with Crippen LogP contribution < -0.4 is 15.4 Å². The molecule has 1 aliphatic heterocycles. The molecular formula is C19H18N6O. The van der Waals surface area contributed by atoms with Crippen molar-refractivity contribution in [2.24, 2.45) is 4.99 Å². The molecule has 7 heteroatoms. The Bertz CT molecular complexity index is 986. The van der Waals surface area contributed by atoms with Gasteiger partial charge in [-0.25, -0.2) is 15.0 Å². The Hall–Kier alpha value is -3.48. The summed E-state index contributed by atoms with van der Waals surface area (Å²) in [6.07, 6.45) is 5.13. The van der Waals surface area contributed by atoms with E-state index in [1.54, 1.807) is 13.3 Å². The summed E-state index contributed by atoms with van der Waals surface area (Å²) in [7, 11) is 1.65. The maximum Gasteiger partial charge on any atom is 0.142 e. The van der Waals surface area contributed by atoms with Crippen molar-refractivity contribution in [3.63, 3.8) is 0 Å². The van der Waals surface area contributed by atoms with E-state index >= 15 is 0 Å². The smallest absolute Gasteiger partial charge is 0.142 e. The zero-order valence-corrected chi connectivity index (χ0v) is 14.5. The molecule has 0 fully saturated rings. The molecule has 0 saturated carbocycles. The van der Waals surface area contributed by atoms with E-state index in [0.717, 1.165) is 33.9 Å². The molecule has 0 radical (unpaired) electrons. The summed E-state index contributed by atoms with van der Waals surface area (Å²) in [6.45, 7) is 2.71. The van der Waals surface area contributed by atoms with Crippen LogP contribution in [-0.4, -0.2) is 28.3 Å². The number of pyridine rings is 1. The highest BCUT2D eigenvalue weighted by Gasteiger charge is 2.13. The fourth-order valence-corrected chi connectivity index (χ4v) is 2.77. The van der Waals surface area contributed by atoms with Crippen molar-refractivity contribution in [2.45, 2.75) is 13.5 Å². The third-order valence-electron chi connectivity index (χ3n) is 4.05. The van der Waals surface area contributed by atoms with Crippen molar-refractivity contribution >= 4 is 29.4 Å². The van der Waals surface area contributed by atoms with E-state index in [4.69, 9.17) is 4.74 Å². The fraction of sp³-hybridized carbons (Fsp3) is 0.158. The van der Waals surface area contributed by atoms with Gasteiger partial charge in [0, 0.05) is 18.5 Å². The average Bonchev–Trinajstić information content (AvgIpc) is 3.08. The number of fused-ring (bicyclic) bond motifs is 1. The number of hydrogen-bond donors (Lipinski definition) is 2. The Morgan fingerprint density at radius 2 is 1.77 bits per heavy atom. The lowest BCUT2D eigenvalue weighted by atomic mass is 10.1. The summed E-state index contributed by atoms with van der Waals surface area (Å²) in [4.78, 5) is 17.1. The van der Waals surface area contributed by atoms with Gasteiger partial charge in [0.2, 0.25) is 0 Å². The maximum atomic E-state index is 5.49. The van der Waals surface area contributed by atoms with E-state index in [2.05, 4.69) is 30.6 Å². The molecule has 2 N–H and O–H groups in total. The van der Waals surface area contributed by atoms with Crippen LogP contribution in [0.15, 0.2) is 47.8 Å². The minimum absolute atomic E-state index is 0.655. The number of hydrogen-bond acceptors (Lipinski definition) is 7. The van der Waals surface area contributed by atoms with Crippen LogP contribution in [0, 0.1) is 6.92 Å². The number of nitrogens with one attached hydrogen (secondary N) is 2. The lowest BCUT2D eigenvalue weighted by Crippen LogP contribution is -2.01. The van der Waals surface area contributed by atoms with Gasteiger partial charge >= 0.3 is 0 Å². The van der Waals surface area contributed by atoms with Crippen LogP contribution in [0.5, 0.6) is 5.75 Å². The van der Waals surface area contributed by atoms with Crippen molar-refractivity contribution in [1.82, 2.24) is 15.0 Å². The normalized spacial score (nSPS) is 11.9. The number of ether oxygens (including phenoxy) is 1. The first-order chi connectivity index (χ1) is 12.7. The highest BCUT2D eigenvalue weighted by atomic mass is 16.5. The van der Waals surface area contributed by atoms with Crippen LogP contribution >= 0.6 is 0 Å². The topological polar surface area (TPSA) is 84.3 Å². The Morgan fingerprint density at radius 1 is 0.962 bits per heavy atom. The Morgan fingerprint density at radius 3 is 2.58 bits per heavy atom. The number of rotatable bonds is 5. The molecule has 1 aromatic carbocycles. The summed E-state index contributed by atoms with van der Waals surface area (Å²) in [5.74, 6) is 2.80. The van der Waals surface area contributed by atoms with Gasteiger partial charge in [0.05, 0.1) is 19.3 Å². The van der Waals surface area contributed by atoms with Crippen molar-refractivity contribution in [1.29, 1.82) is 0 Å². The Labute approximate surface area is 151 Å². The Kier molecular flexibility index (Phi) is 4.18. The third-order valence-corrected chi connectivity index (χ3v) is 4.05. The van der Waals surface area contributed by atoms with E-state index in [1.165, 1.54) is 6.33 Å². The number of anilines is 4. The number of benzene rings is 1. The molecule has 0 atom stereocenters. The second-order valence-corrected chi connectivity index (χ2v) is 5.98. The van der Waals surface area contributed by atoms with Gasteiger partial charge in [-0.3, -0.25) is 4.99 Å². The predicted octanol–water partition coefficient (Wildman–Crippen LogP) is 3.61. The molecule has 0 bridgehead atoms. The monoisotopic (exact) mass is 346 g/mol. The minimum Gasteiger partial charge on any atom is -0.495 e. The Balaban J connectivity index is 1.58. The number of aryl methyl sites for hydroxylation is 1. The van der Waals surface area contributed by atoms with E-state index in [1.807, 2.05) is 43.5 Å². The zero-order chi connectivity index (χ0) is 17.9. The molecule has 0 spiro atoms. The highest BCUT2D eigenvalue weighted by molar-refractivity contribution is 5.88. The average molecular weight is 346 g/mol. The zero-order valence-electron chi connectivity index (χ0n) is 14.5. The molecule has 4 rings (SSSR count). The minimum atomic E-state index is 0.655. The first-order valence-electron chi connectivity index (χ1n) is 8.21. The second kappa shape index (κ2) is 6.79. The van der Waals surface area contributed by atoms with Gasteiger partial charge in [0.25, 0.3) is 0 Å². The van der Waals surface area contributed by atoms with E-state index in [-0.39, 0.29) is 0 Å². The maximum absolute atomic E-state index is 5.49. The van der Waals surface area contributed by atoms with Gasteiger partial charge in [-0.05, 0) is 47.9 Å². The van der Waals surface area contributed by atoms with Crippen LogP contribution in [-0.2, 0) is 6.54 Å². The molecule has 1 aliphatic rings. The lowest BCUT2D eigenvalue weighted by molar-refractivity contribution is 0.416. The first-order valence-corrected chi connectivity index (χ1v) is 8.21. The molecule has 130 valence electrons. The molecule has 0 amide bonds. The van der Waals surface area contributed by atoms with Crippen LogP contribution in [0.2, 0.25) is 0 Å². The van der Waals surface area contributed by atoms with Gasteiger partial charge in [-0.1, -0.05) is 0 Å².